The molecule has 0 spiro atoms. The van der Waals surface area contributed by atoms with Crippen LogP contribution in [0.25, 0.3) is 0 Å². The Labute approximate surface area is 113 Å². The van der Waals surface area contributed by atoms with Gasteiger partial charge in [-0.1, -0.05) is 24.8 Å². The first-order valence-electron chi connectivity index (χ1n) is 5.32. The van der Waals surface area contributed by atoms with Crippen LogP contribution in [-0.2, 0) is 16.6 Å². The summed E-state index contributed by atoms with van der Waals surface area (Å²) in [6.07, 6.45) is 1.66. The van der Waals surface area contributed by atoms with E-state index < -0.39 is 15.2 Å². The first-order chi connectivity index (χ1) is 8.49. The molecule has 0 saturated heterocycles. The van der Waals surface area contributed by atoms with Crippen LogP contribution < -0.4 is 4.74 Å². The van der Waals surface area contributed by atoms with Gasteiger partial charge < -0.3 is 4.74 Å². The van der Waals surface area contributed by atoms with Crippen molar-refractivity contribution in [2.24, 2.45) is 0 Å². The molecule has 6 heteroatoms. The highest BCUT2D eigenvalue weighted by Crippen LogP contribution is 2.14. The zero-order chi connectivity index (χ0) is 13.6. The smallest absolute Gasteiger partial charge is 0.228 e. The summed E-state index contributed by atoms with van der Waals surface area (Å²) in [4.78, 5) is 0. The molecule has 1 aromatic rings. The second-order valence-corrected chi connectivity index (χ2v) is 6.38. The Bertz CT molecular complexity index is 485. The lowest BCUT2D eigenvalue weighted by molar-refractivity contribution is 0.363. The molecule has 0 aliphatic heterocycles. The first kappa shape index (κ1) is 15.0. The van der Waals surface area contributed by atoms with Crippen LogP contribution >= 0.6 is 11.6 Å². The van der Waals surface area contributed by atoms with E-state index in [1.807, 2.05) is 12.1 Å². The molecule has 0 saturated carbocycles. The number of ether oxygens (including phenoxy) is 1. The summed E-state index contributed by atoms with van der Waals surface area (Å²) < 4.78 is 29.5. The average molecular weight is 290 g/mol. The lowest BCUT2D eigenvalue weighted by atomic mass is 10.2. The predicted octanol–water partition coefficient (Wildman–Crippen LogP) is 2.21. The van der Waals surface area contributed by atoms with E-state index in [4.69, 9.17) is 16.3 Å². The molecule has 0 aromatic heterocycles. The van der Waals surface area contributed by atoms with Gasteiger partial charge in [0, 0.05) is 13.6 Å². The van der Waals surface area contributed by atoms with Crippen molar-refractivity contribution in [2.75, 3.05) is 18.9 Å². The van der Waals surface area contributed by atoms with Gasteiger partial charge in [0.25, 0.3) is 0 Å². The van der Waals surface area contributed by atoms with E-state index in [2.05, 4.69) is 6.58 Å². The van der Waals surface area contributed by atoms with E-state index in [1.54, 1.807) is 18.2 Å². The highest BCUT2D eigenvalue weighted by molar-refractivity contribution is 7.90. The zero-order valence-electron chi connectivity index (χ0n) is 10.2. The number of hydrogen-bond acceptors (Lipinski definition) is 3. The Morgan fingerprint density at radius 1 is 1.39 bits per heavy atom. The Kier molecular flexibility index (Phi) is 5.65. The molecule has 0 heterocycles. The largest absolute Gasteiger partial charge is 0.490 e. The van der Waals surface area contributed by atoms with E-state index in [9.17, 15) is 8.42 Å². The van der Waals surface area contributed by atoms with E-state index in [0.717, 1.165) is 11.3 Å². The van der Waals surface area contributed by atoms with Crippen molar-refractivity contribution in [3.8, 4) is 5.75 Å². The van der Waals surface area contributed by atoms with E-state index in [0.29, 0.717) is 6.61 Å². The third kappa shape index (κ3) is 4.33. The topological polar surface area (TPSA) is 46.6 Å². The third-order valence-electron chi connectivity index (χ3n) is 2.31. The van der Waals surface area contributed by atoms with Gasteiger partial charge in [0.2, 0.25) is 10.0 Å². The van der Waals surface area contributed by atoms with E-state index in [1.165, 1.54) is 11.4 Å². The zero-order valence-corrected chi connectivity index (χ0v) is 11.7. The number of nitrogens with zero attached hydrogens (tertiary/aromatic N) is 1. The number of halogens is 1. The quantitative estimate of drug-likeness (QED) is 0.571. The van der Waals surface area contributed by atoms with Crippen LogP contribution in [0.3, 0.4) is 0 Å². The fraction of sp³-hybridized carbons (Fsp3) is 0.333. The molecule has 0 bridgehead atoms. The second-order valence-electron chi connectivity index (χ2n) is 3.72. The van der Waals surface area contributed by atoms with Crippen molar-refractivity contribution in [1.29, 1.82) is 0 Å². The number of alkyl halides is 1. The Balaban J connectivity index is 2.66. The summed E-state index contributed by atoms with van der Waals surface area (Å²) >= 11 is 5.38. The molecule has 100 valence electrons. The Morgan fingerprint density at radius 3 is 2.50 bits per heavy atom. The molecule has 1 aromatic carbocycles. The van der Waals surface area contributed by atoms with Crippen molar-refractivity contribution in [1.82, 2.24) is 4.31 Å². The Hall–Kier alpha value is -1.04. The van der Waals surface area contributed by atoms with Crippen LogP contribution in [-0.4, -0.2) is 31.6 Å². The maximum Gasteiger partial charge on any atom is 0.228 e. The highest BCUT2D eigenvalue weighted by Gasteiger charge is 2.16. The molecule has 18 heavy (non-hydrogen) atoms. The summed E-state index contributed by atoms with van der Waals surface area (Å²) in [5.41, 5.74) is 0.872. The van der Waals surface area contributed by atoms with Gasteiger partial charge in [-0.05, 0) is 17.7 Å². The van der Waals surface area contributed by atoms with Crippen molar-refractivity contribution < 1.29 is 13.2 Å². The minimum atomic E-state index is -3.37. The van der Waals surface area contributed by atoms with Gasteiger partial charge >= 0.3 is 0 Å². The molecule has 4 nitrogen and oxygen atoms in total. The van der Waals surface area contributed by atoms with Crippen molar-refractivity contribution in [3.63, 3.8) is 0 Å². The van der Waals surface area contributed by atoms with Gasteiger partial charge in [-0.25, -0.2) is 8.42 Å². The number of benzene rings is 1. The third-order valence-corrected chi connectivity index (χ3v) is 4.49. The first-order valence-corrected chi connectivity index (χ1v) is 7.46. The summed E-state index contributed by atoms with van der Waals surface area (Å²) in [6, 6.07) is 7.22. The molecule has 1 rings (SSSR count). The normalized spacial score (nSPS) is 11.5. The fourth-order valence-electron chi connectivity index (χ4n) is 1.28. The van der Waals surface area contributed by atoms with Gasteiger partial charge in [-0.2, -0.15) is 4.31 Å². The molecule has 0 N–H and O–H groups in total. The minimum Gasteiger partial charge on any atom is -0.490 e. The fourth-order valence-corrected chi connectivity index (χ4v) is 2.30. The molecule has 0 aliphatic rings. The molecule has 0 radical (unpaired) electrons. The van der Waals surface area contributed by atoms with Gasteiger partial charge in [0.05, 0.1) is 0 Å². The van der Waals surface area contributed by atoms with Crippen LogP contribution in [0.4, 0.5) is 0 Å². The number of hydrogen-bond donors (Lipinski definition) is 0. The molecular formula is C12H16ClNO3S. The minimum absolute atomic E-state index is 0.288. The summed E-state index contributed by atoms with van der Waals surface area (Å²) in [7, 11) is -1.87. The van der Waals surface area contributed by atoms with Crippen LogP contribution in [0.5, 0.6) is 5.75 Å². The SMILES string of the molecule is C=CCOc1ccc(CN(C)S(=O)(=O)CCl)cc1. The maximum absolute atomic E-state index is 11.5. The highest BCUT2D eigenvalue weighted by atomic mass is 35.5. The van der Waals surface area contributed by atoms with Gasteiger partial charge in [0.1, 0.15) is 17.6 Å². The lowest BCUT2D eigenvalue weighted by Gasteiger charge is -2.15. The summed E-state index contributed by atoms with van der Waals surface area (Å²) in [6.45, 7) is 4.29. The molecule has 0 aliphatic carbocycles. The monoisotopic (exact) mass is 289 g/mol. The van der Waals surface area contributed by atoms with Crippen molar-refractivity contribution >= 4 is 21.6 Å². The van der Waals surface area contributed by atoms with E-state index in [-0.39, 0.29) is 6.54 Å². The molecule has 0 fully saturated rings. The molecule has 0 amide bonds. The second kappa shape index (κ2) is 6.78. The van der Waals surface area contributed by atoms with Gasteiger partial charge in [-0.3, -0.25) is 0 Å². The van der Waals surface area contributed by atoms with Crippen LogP contribution in [0.2, 0.25) is 0 Å². The maximum atomic E-state index is 11.5. The summed E-state index contributed by atoms with van der Waals surface area (Å²) in [5, 5.41) is -0.413. The number of rotatable bonds is 7. The van der Waals surface area contributed by atoms with Gasteiger partial charge in [-0.15, -0.1) is 11.6 Å². The standard InChI is InChI=1S/C12H16ClNO3S/c1-3-8-17-12-6-4-11(5-7-12)9-14(2)18(15,16)10-13/h3-7H,1,8-10H2,2H3. The molecular weight excluding hydrogens is 274 g/mol. The van der Waals surface area contributed by atoms with Crippen LogP contribution in [0.15, 0.2) is 36.9 Å². The van der Waals surface area contributed by atoms with Crippen molar-refractivity contribution in [2.45, 2.75) is 6.54 Å². The lowest BCUT2D eigenvalue weighted by Crippen LogP contribution is -2.27. The molecule has 0 unspecified atom stereocenters. The van der Waals surface area contributed by atoms with Crippen LogP contribution in [0.1, 0.15) is 5.56 Å². The number of sulfonamides is 1. The van der Waals surface area contributed by atoms with Crippen LogP contribution in [0, 0.1) is 0 Å². The molecule has 0 atom stereocenters. The Morgan fingerprint density at radius 2 is 2.00 bits per heavy atom. The average Bonchev–Trinajstić information content (AvgIpc) is 2.37. The van der Waals surface area contributed by atoms with Crippen molar-refractivity contribution in [3.05, 3.63) is 42.5 Å². The summed E-state index contributed by atoms with van der Waals surface area (Å²) in [5.74, 6) is 0.724. The predicted molar refractivity (Wildman–Crippen MR) is 73.2 cm³/mol. The van der Waals surface area contributed by atoms with E-state index >= 15 is 0 Å². The van der Waals surface area contributed by atoms with Gasteiger partial charge in [0.15, 0.2) is 0 Å².